The molecule has 144 valence electrons. The summed E-state index contributed by atoms with van der Waals surface area (Å²) in [6.45, 7) is 2.95. The molecular weight excluding hydrogens is 358 g/mol. The van der Waals surface area contributed by atoms with Gasteiger partial charge in [0.25, 0.3) is 0 Å². The predicted molar refractivity (Wildman–Crippen MR) is 106 cm³/mol. The van der Waals surface area contributed by atoms with Crippen molar-refractivity contribution >= 4 is 16.7 Å². The molecule has 3 nitrogen and oxygen atoms in total. The van der Waals surface area contributed by atoms with Crippen LogP contribution in [-0.4, -0.2) is 22.9 Å². The summed E-state index contributed by atoms with van der Waals surface area (Å²) in [7, 11) is 0. The summed E-state index contributed by atoms with van der Waals surface area (Å²) in [5, 5.41) is 5.24. The molecule has 3 aromatic carbocycles. The highest BCUT2D eigenvalue weighted by Gasteiger charge is 2.46. The Bertz CT molecular complexity index is 1010. The molecule has 0 radical (unpaired) electrons. The van der Waals surface area contributed by atoms with Crippen LogP contribution in [-0.2, 0) is 17.9 Å². The zero-order valence-corrected chi connectivity index (χ0v) is 15.7. The summed E-state index contributed by atoms with van der Waals surface area (Å²) >= 11 is 0. The minimum Gasteiger partial charge on any atom is -0.350 e. The van der Waals surface area contributed by atoms with E-state index in [2.05, 4.69) is 5.32 Å². The normalized spacial score (nSPS) is 19.4. The smallest absolute Gasteiger partial charge is 0.240 e. The number of hydrogen-bond acceptors (Lipinski definition) is 2. The van der Waals surface area contributed by atoms with E-state index in [0.29, 0.717) is 19.5 Å². The van der Waals surface area contributed by atoms with Crippen molar-refractivity contribution < 1.29 is 13.6 Å². The highest BCUT2D eigenvalue weighted by molar-refractivity contribution is 5.88. The van der Waals surface area contributed by atoms with Gasteiger partial charge in [-0.3, -0.25) is 9.69 Å². The van der Waals surface area contributed by atoms with E-state index in [1.54, 1.807) is 0 Å². The van der Waals surface area contributed by atoms with E-state index in [1.807, 2.05) is 54.3 Å². The average molecular weight is 380 g/mol. The summed E-state index contributed by atoms with van der Waals surface area (Å²) < 4.78 is 27.9. The fourth-order valence-corrected chi connectivity index (χ4v) is 3.80. The number of likely N-dealkylation sites (tertiary alicyclic amines) is 1. The summed E-state index contributed by atoms with van der Waals surface area (Å²) in [6.07, 6.45) is 0.657. The number of carbonyl (C=O) groups excluding carboxylic acids is 1. The van der Waals surface area contributed by atoms with Crippen LogP contribution in [0.3, 0.4) is 0 Å². The van der Waals surface area contributed by atoms with Gasteiger partial charge in [-0.25, -0.2) is 8.78 Å². The molecule has 1 saturated heterocycles. The van der Waals surface area contributed by atoms with Crippen molar-refractivity contribution in [3.8, 4) is 0 Å². The number of fused-ring (bicyclic) bond motifs is 1. The van der Waals surface area contributed by atoms with Crippen LogP contribution in [0, 0.1) is 11.6 Å². The third-order valence-electron chi connectivity index (χ3n) is 5.79. The number of hydrogen-bond donors (Lipinski definition) is 1. The minimum absolute atomic E-state index is 0.00952. The van der Waals surface area contributed by atoms with Crippen molar-refractivity contribution in [1.29, 1.82) is 0 Å². The number of halogens is 2. The highest BCUT2D eigenvalue weighted by atomic mass is 19.1. The maximum atomic E-state index is 14.0. The molecule has 0 spiro atoms. The number of benzene rings is 3. The largest absolute Gasteiger partial charge is 0.350 e. The maximum Gasteiger partial charge on any atom is 0.240 e. The average Bonchev–Trinajstić information content (AvgIpc) is 2.70. The molecule has 1 aliphatic rings. The first-order chi connectivity index (χ1) is 13.5. The lowest BCUT2D eigenvalue weighted by Gasteiger charge is -2.49. The van der Waals surface area contributed by atoms with Gasteiger partial charge in [0.1, 0.15) is 11.6 Å². The van der Waals surface area contributed by atoms with Gasteiger partial charge in [-0.2, -0.15) is 0 Å². The van der Waals surface area contributed by atoms with Gasteiger partial charge in [-0.05, 0) is 41.8 Å². The van der Waals surface area contributed by atoms with E-state index in [0.717, 1.165) is 16.3 Å². The maximum absolute atomic E-state index is 14.0. The Hall–Kier alpha value is -2.79. The van der Waals surface area contributed by atoms with Gasteiger partial charge in [0, 0.05) is 25.2 Å². The summed E-state index contributed by atoms with van der Waals surface area (Å²) in [5.74, 6) is -1.28. The van der Waals surface area contributed by atoms with Crippen molar-refractivity contribution in [3.05, 3.63) is 83.4 Å². The molecule has 1 atom stereocenters. The van der Waals surface area contributed by atoms with Gasteiger partial charge in [0.15, 0.2) is 0 Å². The van der Waals surface area contributed by atoms with Crippen LogP contribution in [0.5, 0.6) is 0 Å². The Morgan fingerprint density at radius 3 is 2.43 bits per heavy atom. The minimum atomic E-state index is -0.765. The van der Waals surface area contributed by atoms with Crippen molar-refractivity contribution in [2.45, 2.75) is 32.0 Å². The van der Waals surface area contributed by atoms with Gasteiger partial charge >= 0.3 is 0 Å². The van der Waals surface area contributed by atoms with Crippen molar-refractivity contribution in [1.82, 2.24) is 10.2 Å². The van der Waals surface area contributed by atoms with Crippen LogP contribution < -0.4 is 5.32 Å². The van der Waals surface area contributed by atoms with Gasteiger partial charge in [-0.15, -0.1) is 0 Å². The molecule has 3 aromatic rings. The lowest BCUT2D eigenvalue weighted by atomic mass is 9.85. The number of nitrogens with one attached hydrogen (secondary N) is 1. The molecule has 0 saturated carbocycles. The summed E-state index contributed by atoms with van der Waals surface area (Å²) in [5.41, 5.74) is 0.288. The molecular formula is C23H22F2N2O. The topological polar surface area (TPSA) is 32.3 Å². The molecule has 1 amide bonds. The Morgan fingerprint density at radius 2 is 1.71 bits per heavy atom. The Kier molecular flexibility index (Phi) is 4.85. The molecule has 0 aliphatic carbocycles. The fourth-order valence-electron chi connectivity index (χ4n) is 3.80. The molecule has 1 aliphatic heterocycles. The second-order valence-corrected chi connectivity index (χ2v) is 7.47. The van der Waals surface area contributed by atoms with Crippen molar-refractivity contribution in [2.24, 2.45) is 0 Å². The zero-order chi connectivity index (χ0) is 19.7. The molecule has 1 N–H and O–H groups in total. The molecule has 1 fully saturated rings. The quantitative estimate of drug-likeness (QED) is 0.712. The highest BCUT2D eigenvalue weighted by Crippen LogP contribution is 2.33. The fraction of sp³-hybridized carbons (Fsp3) is 0.261. The molecule has 1 unspecified atom stereocenters. The monoisotopic (exact) mass is 380 g/mol. The van der Waals surface area contributed by atoms with Crippen LogP contribution in [0.15, 0.2) is 60.7 Å². The van der Waals surface area contributed by atoms with E-state index in [-0.39, 0.29) is 18.0 Å². The van der Waals surface area contributed by atoms with Crippen LogP contribution in [0.25, 0.3) is 10.8 Å². The first-order valence-electron chi connectivity index (χ1n) is 9.42. The van der Waals surface area contributed by atoms with E-state index in [4.69, 9.17) is 0 Å². The van der Waals surface area contributed by atoms with Crippen LogP contribution in [0.1, 0.15) is 24.5 Å². The van der Waals surface area contributed by atoms with E-state index >= 15 is 0 Å². The Morgan fingerprint density at radius 1 is 1.04 bits per heavy atom. The Balaban J connectivity index is 1.47. The van der Waals surface area contributed by atoms with Crippen LogP contribution >= 0.6 is 0 Å². The predicted octanol–water partition coefficient (Wildman–Crippen LogP) is 4.40. The molecule has 1 heterocycles. The van der Waals surface area contributed by atoms with Gasteiger partial charge in [0.2, 0.25) is 5.91 Å². The first-order valence-corrected chi connectivity index (χ1v) is 9.42. The zero-order valence-electron chi connectivity index (χ0n) is 15.7. The van der Waals surface area contributed by atoms with E-state index in [9.17, 15) is 13.6 Å². The molecule has 5 heteroatoms. The number of carbonyl (C=O) groups is 1. The molecule has 28 heavy (non-hydrogen) atoms. The second-order valence-electron chi connectivity index (χ2n) is 7.47. The van der Waals surface area contributed by atoms with Gasteiger partial charge < -0.3 is 5.32 Å². The third-order valence-corrected chi connectivity index (χ3v) is 5.79. The summed E-state index contributed by atoms with van der Waals surface area (Å²) in [4.78, 5) is 14.7. The second kappa shape index (κ2) is 7.32. The van der Waals surface area contributed by atoms with E-state index in [1.165, 1.54) is 18.2 Å². The number of amides is 1. The lowest BCUT2D eigenvalue weighted by molar-refractivity contribution is -0.142. The van der Waals surface area contributed by atoms with Crippen LogP contribution in [0.4, 0.5) is 8.78 Å². The Labute approximate surface area is 163 Å². The van der Waals surface area contributed by atoms with Crippen molar-refractivity contribution in [3.63, 3.8) is 0 Å². The van der Waals surface area contributed by atoms with Gasteiger partial charge in [0.05, 0.1) is 5.54 Å². The first kappa shape index (κ1) is 18.6. The SMILES string of the molecule is CC1(C(=O)NCc2cccc3ccccc23)CCN1Cc1c(F)cccc1F. The third kappa shape index (κ3) is 3.27. The molecule has 4 rings (SSSR count). The number of rotatable bonds is 5. The molecule has 0 bridgehead atoms. The van der Waals surface area contributed by atoms with Gasteiger partial charge in [-0.1, -0.05) is 48.5 Å². The van der Waals surface area contributed by atoms with Crippen LogP contribution in [0.2, 0.25) is 0 Å². The number of nitrogens with zero attached hydrogens (tertiary/aromatic N) is 1. The standard InChI is InChI=1S/C23H22F2N2O/c1-23(12-13-27(23)15-19-20(24)10-5-11-21(19)25)22(28)26-14-17-8-4-7-16-6-2-3-9-18(16)17/h2-11H,12-15H2,1H3,(H,26,28). The lowest BCUT2D eigenvalue weighted by Crippen LogP contribution is -2.65. The summed E-state index contributed by atoms with van der Waals surface area (Å²) in [6, 6.07) is 17.9. The van der Waals surface area contributed by atoms with Crippen molar-refractivity contribution in [2.75, 3.05) is 6.54 Å². The van der Waals surface area contributed by atoms with E-state index < -0.39 is 17.2 Å². The molecule has 0 aromatic heterocycles.